The van der Waals surface area contributed by atoms with E-state index in [1.807, 2.05) is 0 Å². The molecule has 2 atom stereocenters. The molecule has 5 nitrogen and oxygen atoms in total. The third-order valence-corrected chi connectivity index (χ3v) is 4.64. The van der Waals surface area contributed by atoms with Gasteiger partial charge in [-0.15, -0.1) is 12.4 Å². The Morgan fingerprint density at radius 1 is 1.19 bits per heavy atom. The molecule has 1 unspecified atom stereocenters. The molecule has 122 valence electrons. The van der Waals surface area contributed by atoms with Crippen LogP contribution in [0.2, 0.25) is 0 Å². The van der Waals surface area contributed by atoms with Gasteiger partial charge in [-0.05, 0) is 25.2 Å². The van der Waals surface area contributed by atoms with Crippen molar-refractivity contribution in [1.82, 2.24) is 4.90 Å². The molecule has 1 amide bonds. The van der Waals surface area contributed by atoms with Gasteiger partial charge < -0.3 is 15.4 Å². The Kier molecular flexibility index (Phi) is 7.46. The molecule has 1 saturated carbocycles. The van der Waals surface area contributed by atoms with Crippen molar-refractivity contribution in [2.75, 3.05) is 13.7 Å². The molecule has 6 heteroatoms. The minimum Gasteiger partial charge on any atom is -0.467 e. The van der Waals surface area contributed by atoms with Crippen LogP contribution in [0.25, 0.3) is 0 Å². The smallest absolute Gasteiger partial charge is 0.328 e. The van der Waals surface area contributed by atoms with Crippen molar-refractivity contribution in [2.24, 2.45) is 11.7 Å². The van der Waals surface area contributed by atoms with Crippen molar-refractivity contribution in [2.45, 2.75) is 63.5 Å². The van der Waals surface area contributed by atoms with Gasteiger partial charge in [-0.25, -0.2) is 4.79 Å². The molecule has 1 saturated heterocycles. The standard InChI is InChI=1S/C15H26N2O3.ClH/c1-20-15(19)13-8-5-9-17(13)14(18)12(16)10-11-6-3-2-4-7-11;/h11-13H,2-10,16H2,1H3;1H/t12?,13-;/m0./s1. The summed E-state index contributed by atoms with van der Waals surface area (Å²) in [5, 5.41) is 0. The zero-order chi connectivity index (χ0) is 14.5. The largest absolute Gasteiger partial charge is 0.467 e. The molecule has 0 aromatic carbocycles. The maximum atomic E-state index is 12.4. The Morgan fingerprint density at radius 3 is 2.48 bits per heavy atom. The third-order valence-electron chi connectivity index (χ3n) is 4.64. The van der Waals surface area contributed by atoms with Crippen LogP contribution in [0.3, 0.4) is 0 Å². The average molecular weight is 319 g/mol. The number of halogens is 1. The minimum absolute atomic E-state index is 0. The van der Waals surface area contributed by atoms with Gasteiger partial charge in [0.05, 0.1) is 13.2 Å². The lowest BCUT2D eigenvalue weighted by Crippen LogP contribution is -2.49. The molecule has 0 aromatic heterocycles. The first-order valence-corrected chi connectivity index (χ1v) is 7.77. The number of hydrogen-bond donors (Lipinski definition) is 1. The molecule has 1 aliphatic carbocycles. The summed E-state index contributed by atoms with van der Waals surface area (Å²) in [6, 6.07) is -0.895. The number of amides is 1. The summed E-state index contributed by atoms with van der Waals surface area (Å²) in [4.78, 5) is 25.8. The molecule has 0 aromatic rings. The van der Waals surface area contributed by atoms with Gasteiger partial charge in [0.25, 0.3) is 0 Å². The number of nitrogens with zero attached hydrogens (tertiary/aromatic N) is 1. The third kappa shape index (κ3) is 4.58. The number of rotatable bonds is 4. The van der Waals surface area contributed by atoms with Gasteiger partial charge in [0.2, 0.25) is 5.91 Å². The number of likely N-dealkylation sites (tertiary alicyclic amines) is 1. The first kappa shape index (κ1) is 18.2. The fourth-order valence-corrected chi connectivity index (χ4v) is 3.51. The molecule has 2 fully saturated rings. The van der Waals surface area contributed by atoms with Crippen LogP contribution in [0.4, 0.5) is 0 Å². The Labute approximate surface area is 133 Å². The zero-order valence-electron chi connectivity index (χ0n) is 12.8. The number of carbonyl (C=O) groups excluding carboxylic acids is 2. The molecule has 0 spiro atoms. The van der Waals surface area contributed by atoms with E-state index in [0.717, 1.165) is 12.8 Å². The highest BCUT2D eigenvalue weighted by Gasteiger charge is 2.37. The van der Waals surface area contributed by atoms with E-state index in [2.05, 4.69) is 0 Å². The maximum Gasteiger partial charge on any atom is 0.328 e. The number of esters is 1. The molecular formula is C15H27ClN2O3. The lowest BCUT2D eigenvalue weighted by atomic mass is 9.84. The Morgan fingerprint density at radius 2 is 1.86 bits per heavy atom. The Balaban J connectivity index is 0.00000220. The van der Waals surface area contributed by atoms with E-state index in [4.69, 9.17) is 10.5 Å². The molecule has 0 bridgehead atoms. The van der Waals surface area contributed by atoms with Gasteiger partial charge in [0.1, 0.15) is 6.04 Å². The Hall–Kier alpha value is -0.810. The van der Waals surface area contributed by atoms with Gasteiger partial charge in [-0.3, -0.25) is 4.79 Å². The number of carbonyl (C=O) groups is 2. The summed E-state index contributed by atoms with van der Waals surface area (Å²) in [7, 11) is 1.37. The van der Waals surface area contributed by atoms with Gasteiger partial charge in [-0.2, -0.15) is 0 Å². The predicted octanol–water partition coefficient (Wildman–Crippen LogP) is 1.87. The zero-order valence-corrected chi connectivity index (χ0v) is 13.6. The molecular weight excluding hydrogens is 292 g/mol. The lowest BCUT2D eigenvalue weighted by molar-refractivity contribution is -0.151. The highest BCUT2D eigenvalue weighted by molar-refractivity contribution is 5.88. The van der Waals surface area contributed by atoms with Crippen LogP contribution in [0.1, 0.15) is 51.4 Å². The van der Waals surface area contributed by atoms with Crippen molar-refractivity contribution in [3.8, 4) is 0 Å². The van der Waals surface area contributed by atoms with Gasteiger partial charge in [-0.1, -0.05) is 32.1 Å². The first-order valence-electron chi connectivity index (χ1n) is 7.77. The summed E-state index contributed by atoms with van der Waals surface area (Å²) in [5.74, 6) is 0.172. The van der Waals surface area contributed by atoms with Crippen LogP contribution in [0.15, 0.2) is 0 Å². The summed E-state index contributed by atoms with van der Waals surface area (Å²) < 4.78 is 4.77. The second kappa shape index (κ2) is 8.59. The van der Waals surface area contributed by atoms with Crippen LogP contribution >= 0.6 is 12.4 Å². The molecule has 1 heterocycles. The van der Waals surface area contributed by atoms with Crippen LogP contribution in [0, 0.1) is 5.92 Å². The summed E-state index contributed by atoms with van der Waals surface area (Å²) >= 11 is 0. The fourth-order valence-electron chi connectivity index (χ4n) is 3.51. The highest BCUT2D eigenvalue weighted by atomic mass is 35.5. The second-order valence-electron chi connectivity index (χ2n) is 6.06. The lowest BCUT2D eigenvalue weighted by Gasteiger charge is -2.29. The fraction of sp³-hybridized carbons (Fsp3) is 0.867. The van der Waals surface area contributed by atoms with Gasteiger partial charge in [0, 0.05) is 6.54 Å². The molecule has 21 heavy (non-hydrogen) atoms. The van der Waals surface area contributed by atoms with Crippen molar-refractivity contribution >= 4 is 24.3 Å². The predicted molar refractivity (Wildman–Crippen MR) is 83.2 cm³/mol. The maximum absolute atomic E-state index is 12.4. The number of hydrogen-bond acceptors (Lipinski definition) is 4. The Bertz CT molecular complexity index is 359. The number of methoxy groups -OCH3 is 1. The number of ether oxygens (including phenoxy) is 1. The van der Waals surface area contributed by atoms with Crippen molar-refractivity contribution < 1.29 is 14.3 Å². The first-order chi connectivity index (χ1) is 9.63. The van der Waals surface area contributed by atoms with Crippen LogP contribution in [-0.2, 0) is 14.3 Å². The molecule has 2 aliphatic rings. The van der Waals surface area contributed by atoms with E-state index in [0.29, 0.717) is 18.9 Å². The molecule has 2 rings (SSSR count). The SMILES string of the molecule is COC(=O)[C@@H]1CCCN1C(=O)C(N)CC1CCCCC1.Cl. The average Bonchev–Trinajstić information content (AvgIpc) is 2.96. The molecule has 2 N–H and O–H groups in total. The minimum atomic E-state index is -0.469. The van der Waals surface area contributed by atoms with E-state index in [-0.39, 0.29) is 24.3 Å². The van der Waals surface area contributed by atoms with Crippen molar-refractivity contribution in [3.05, 3.63) is 0 Å². The van der Waals surface area contributed by atoms with E-state index in [1.54, 1.807) is 4.90 Å². The topological polar surface area (TPSA) is 72.6 Å². The van der Waals surface area contributed by atoms with E-state index in [9.17, 15) is 9.59 Å². The second-order valence-corrected chi connectivity index (χ2v) is 6.06. The van der Waals surface area contributed by atoms with Gasteiger partial charge >= 0.3 is 5.97 Å². The molecule has 0 radical (unpaired) electrons. The van der Waals surface area contributed by atoms with Crippen molar-refractivity contribution in [1.29, 1.82) is 0 Å². The number of nitrogens with two attached hydrogens (primary N) is 1. The van der Waals surface area contributed by atoms with E-state index in [1.165, 1.54) is 39.2 Å². The quantitative estimate of drug-likeness (QED) is 0.803. The van der Waals surface area contributed by atoms with E-state index >= 15 is 0 Å². The normalized spacial score (nSPS) is 24.3. The monoisotopic (exact) mass is 318 g/mol. The summed E-state index contributed by atoms with van der Waals surface area (Å²) in [6.07, 6.45) is 8.46. The van der Waals surface area contributed by atoms with Crippen LogP contribution in [0.5, 0.6) is 0 Å². The van der Waals surface area contributed by atoms with Crippen LogP contribution in [-0.4, -0.2) is 42.5 Å². The van der Waals surface area contributed by atoms with Crippen molar-refractivity contribution in [3.63, 3.8) is 0 Å². The molecule has 1 aliphatic heterocycles. The summed E-state index contributed by atoms with van der Waals surface area (Å²) in [6.45, 7) is 0.622. The summed E-state index contributed by atoms with van der Waals surface area (Å²) in [5.41, 5.74) is 6.09. The van der Waals surface area contributed by atoms with Crippen LogP contribution < -0.4 is 5.73 Å². The van der Waals surface area contributed by atoms with Gasteiger partial charge in [0.15, 0.2) is 0 Å². The highest BCUT2D eigenvalue weighted by Crippen LogP contribution is 2.28. The van der Waals surface area contributed by atoms with E-state index < -0.39 is 12.1 Å².